The first-order chi connectivity index (χ1) is 7.91. The first-order valence-electron chi connectivity index (χ1n) is 6.16. The van der Waals surface area contributed by atoms with Crippen LogP contribution in [0, 0.1) is 6.92 Å². The lowest BCUT2D eigenvalue weighted by Crippen LogP contribution is -2.13. The van der Waals surface area contributed by atoms with Crippen molar-refractivity contribution in [1.82, 2.24) is 0 Å². The van der Waals surface area contributed by atoms with Crippen LogP contribution < -0.4 is 0 Å². The van der Waals surface area contributed by atoms with Crippen molar-refractivity contribution in [2.24, 2.45) is 0 Å². The van der Waals surface area contributed by atoms with E-state index in [2.05, 4.69) is 46.8 Å². The van der Waals surface area contributed by atoms with Crippen LogP contribution in [-0.4, -0.2) is 0 Å². The molecule has 0 nitrogen and oxygen atoms in total. The Hall–Kier alpha value is -0.600. The molecule has 2 aromatic rings. The van der Waals surface area contributed by atoms with E-state index in [9.17, 15) is 0 Å². The van der Waals surface area contributed by atoms with Crippen LogP contribution in [0.3, 0.4) is 0 Å². The zero-order valence-corrected chi connectivity index (χ0v) is 12.7. The molecule has 0 aliphatic heterocycles. The normalized spacial score (nSPS) is 16.4. The molecular formula is C15H18S2. The van der Waals surface area contributed by atoms with Gasteiger partial charge in [-0.2, -0.15) is 0 Å². The van der Waals surface area contributed by atoms with Crippen molar-refractivity contribution in [3.63, 3.8) is 0 Å². The fourth-order valence-corrected chi connectivity index (χ4v) is 5.27. The van der Waals surface area contributed by atoms with Gasteiger partial charge in [-0.1, -0.05) is 27.7 Å². The third-order valence-corrected chi connectivity index (χ3v) is 6.38. The molecular weight excluding hydrogens is 244 g/mol. The van der Waals surface area contributed by atoms with E-state index in [1.165, 1.54) is 25.1 Å². The topological polar surface area (TPSA) is 0 Å². The maximum Gasteiger partial charge on any atom is 0.0489 e. The Bertz CT molecular complexity index is 582. The average Bonchev–Trinajstić information content (AvgIpc) is 2.83. The molecule has 2 heteroatoms. The van der Waals surface area contributed by atoms with Gasteiger partial charge in [0.1, 0.15) is 0 Å². The Labute approximate surface area is 111 Å². The zero-order valence-electron chi connectivity index (χ0n) is 11.0. The summed E-state index contributed by atoms with van der Waals surface area (Å²) >= 11 is 3.96. The van der Waals surface area contributed by atoms with Gasteiger partial charge in [0.2, 0.25) is 0 Å². The molecule has 0 fully saturated rings. The van der Waals surface area contributed by atoms with E-state index < -0.39 is 0 Å². The van der Waals surface area contributed by atoms with E-state index in [0.717, 1.165) is 0 Å². The SMILES string of the molecule is Cc1cc2c(s1)-c1sc(C(C)C)cc1C2(C)C. The van der Waals surface area contributed by atoms with E-state index in [1.54, 1.807) is 5.56 Å². The van der Waals surface area contributed by atoms with Gasteiger partial charge in [0, 0.05) is 24.9 Å². The molecule has 0 saturated carbocycles. The van der Waals surface area contributed by atoms with Crippen LogP contribution in [0.1, 0.15) is 54.5 Å². The second kappa shape index (κ2) is 3.46. The highest BCUT2D eigenvalue weighted by Gasteiger charge is 2.38. The third-order valence-electron chi connectivity index (χ3n) is 3.73. The van der Waals surface area contributed by atoms with Crippen molar-refractivity contribution >= 4 is 22.7 Å². The highest BCUT2D eigenvalue weighted by Crippen LogP contribution is 2.55. The van der Waals surface area contributed by atoms with Gasteiger partial charge >= 0.3 is 0 Å². The minimum atomic E-state index is 0.207. The standard InChI is InChI=1S/C15H18S2/c1-8(2)12-7-11-14(17-12)13-10(15(11,4)5)6-9(3)16-13/h6-8H,1-5H3. The maximum atomic E-state index is 2.44. The van der Waals surface area contributed by atoms with Crippen LogP contribution in [0.2, 0.25) is 0 Å². The summed E-state index contributed by atoms with van der Waals surface area (Å²) in [7, 11) is 0. The second-order valence-corrected chi connectivity index (χ2v) is 8.11. The summed E-state index contributed by atoms with van der Waals surface area (Å²) < 4.78 is 0. The molecule has 0 amide bonds. The smallest absolute Gasteiger partial charge is 0.0489 e. The summed E-state index contributed by atoms with van der Waals surface area (Å²) in [6, 6.07) is 4.81. The van der Waals surface area contributed by atoms with Gasteiger partial charge in [0.05, 0.1) is 0 Å². The summed E-state index contributed by atoms with van der Waals surface area (Å²) in [6.45, 7) is 11.5. The summed E-state index contributed by atoms with van der Waals surface area (Å²) in [5.74, 6) is 0.644. The molecule has 2 heterocycles. The molecule has 0 saturated heterocycles. The van der Waals surface area contributed by atoms with Gasteiger partial charge in [-0.05, 0) is 36.1 Å². The fourth-order valence-electron chi connectivity index (χ4n) is 2.62. The Morgan fingerprint density at radius 1 is 1.00 bits per heavy atom. The number of hydrogen-bond donors (Lipinski definition) is 0. The molecule has 1 aliphatic rings. The van der Waals surface area contributed by atoms with Crippen molar-refractivity contribution in [2.75, 3.05) is 0 Å². The van der Waals surface area contributed by atoms with Crippen molar-refractivity contribution in [3.05, 3.63) is 33.0 Å². The molecule has 0 atom stereocenters. The van der Waals surface area contributed by atoms with Crippen LogP contribution in [0.25, 0.3) is 9.75 Å². The van der Waals surface area contributed by atoms with Gasteiger partial charge in [-0.25, -0.2) is 0 Å². The Kier molecular flexibility index (Phi) is 2.34. The summed E-state index contributed by atoms with van der Waals surface area (Å²) in [5.41, 5.74) is 3.29. The predicted octanol–water partition coefficient (Wildman–Crippen LogP) is 5.55. The number of aryl methyl sites for hydroxylation is 1. The van der Waals surface area contributed by atoms with Crippen LogP contribution in [-0.2, 0) is 5.41 Å². The van der Waals surface area contributed by atoms with Crippen molar-refractivity contribution in [2.45, 2.75) is 46.0 Å². The number of fused-ring (bicyclic) bond motifs is 3. The van der Waals surface area contributed by atoms with E-state index in [4.69, 9.17) is 0 Å². The monoisotopic (exact) mass is 262 g/mol. The molecule has 3 rings (SSSR count). The average molecular weight is 262 g/mol. The first-order valence-corrected chi connectivity index (χ1v) is 7.80. The van der Waals surface area contributed by atoms with Crippen molar-refractivity contribution < 1.29 is 0 Å². The molecule has 1 aliphatic carbocycles. The Morgan fingerprint density at radius 2 is 1.59 bits per heavy atom. The van der Waals surface area contributed by atoms with Gasteiger partial charge in [-0.15, -0.1) is 22.7 Å². The van der Waals surface area contributed by atoms with Crippen LogP contribution in [0.5, 0.6) is 0 Å². The minimum absolute atomic E-state index is 0.207. The fraction of sp³-hybridized carbons (Fsp3) is 0.467. The minimum Gasteiger partial charge on any atom is -0.139 e. The lowest BCUT2D eigenvalue weighted by Gasteiger charge is -2.19. The lowest BCUT2D eigenvalue weighted by molar-refractivity contribution is 0.661. The summed E-state index contributed by atoms with van der Waals surface area (Å²) in [6.07, 6.45) is 0. The molecule has 90 valence electrons. The number of hydrogen-bond acceptors (Lipinski definition) is 2. The number of rotatable bonds is 1. The number of thiophene rings is 2. The third kappa shape index (κ3) is 1.47. The molecule has 0 unspecified atom stereocenters. The predicted molar refractivity (Wildman–Crippen MR) is 78.6 cm³/mol. The zero-order chi connectivity index (χ0) is 12.4. The van der Waals surface area contributed by atoms with Crippen LogP contribution >= 0.6 is 22.7 Å². The van der Waals surface area contributed by atoms with Crippen LogP contribution in [0.4, 0.5) is 0 Å². The van der Waals surface area contributed by atoms with Gasteiger partial charge in [0.25, 0.3) is 0 Å². The molecule has 0 aromatic carbocycles. The lowest BCUT2D eigenvalue weighted by atomic mass is 9.83. The van der Waals surface area contributed by atoms with E-state index >= 15 is 0 Å². The van der Waals surface area contributed by atoms with Crippen molar-refractivity contribution in [1.29, 1.82) is 0 Å². The highest BCUT2D eigenvalue weighted by atomic mass is 32.1. The molecule has 0 N–H and O–H groups in total. The maximum absolute atomic E-state index is 2.44. The Balaban J connectivity index is 2.27. The molecule has 17 heavy (non-hydrogen) atoms. The largest absolute Gasteiger partial charge is 0.139 e. The summed E-state index contributed by atoms with van der Waals surface area (Å²) in [4.78, 5) is 6.03. The van der Waals surface area contributed by atoms with Gasteiger partial charge in [0.15, 0.2) is 0 Å². The quantitative estimate of drug-likeness (QED) is 0.632. The second-order valence-electron chi connectivity index (χ2n) is 5.77. The molecule has 0 spiro atoms. The van der Waals surface area contributed by atoms with Crippen molar-refractivity contribution in [3.8, 4) is 9.75 Å². The van der Waals surface area contributed by atoms with E-state index in [0.29, 0.717) is 5.92 Å². The first kappa shape index (κ1) is 11.5. The molecule has 0 radical (unpaired) electrons. The van der Waals surface area contributed by atoms with E-state index in [1.807, 2.05) is 22.7 Å². The highest BCUT2D eigenvalue weighted by molar-refractivity contribution is 7.22. The van der Waals surface area contributed by atoms with Crippen LogP contribution in [0.15, 0.2) is 12.1 Å². The summed E-state index contributed by atoms with van der Waals surface area (Å²) in [5, 5.41) is 0. The Morgan fingerprint density at radius 3 is 2.24 bits per heavy atom. The van der Waals surface area contributed by atoms with Gasteiger partial charge < -0.3 is 0 Å². The van der Waals surface area contributed by atoms with E-state index in [-0.39, 0.29) is 5.41 Å². The molecule has 0 bridgehead atoms. The molecule has 2 aromatic heterocycles. The van der Waals surface area contributed by atoms with Gasteiger partial charge in [-0.3, -0.25) is 0 Å².